The van der Waals surface area contributed by atoms with Crippen LogP contribution in [0.3, 0.4) is 0 Å². The van der Waals surface area contributed by atoms with Crippen LogP contribution in [0.4, 0.5) is 14.5 Å². The van der Waals surface area contributed by atoms with Crippen LogP contribution in [0.2, 0.25) is 0 Å². The number of hydrogen-bond donors (Lipinski definition) is 0. The van der Waals surface area contributed by atoms with Crippen LogP contribution < -0.4 is 4.74 Å². The van der Waals surface area contributed by atoms with E-state index in [-0.39, 0.29) is 17.6 Å². The highest BCUT2D eigenvalue weighted by Crippen LogP contribution is 2.36. The number of ether oxygens (including phenoxy) is 1. The van der Waals surface area contributed by atoms with E-state index >= 15 is 0 Å². The van der Waals surface area contributed by atoms with Gasteiger partial charge in [0.15, 0.2) is 5.82 Å². The highest BCUT2D eigenvalue weighted by molar-refractivity contribution is 5.59. The number of nitrogens with zero attached hydrogens (tertiary/aromatic N) is 1. The zero-order valence-electron chi connectivity index (χ0n) is 8.41. The molecule has 7 heteroatoms. The first-order valence-corrected chi connectivity index (χ1v) is 4.14. The van der Waals surface area contributed by atoms with Crippen LogP contribution in [-0.4, -0.2) is 11.4 Å². The molecule has 0 spiro atoms. The SMILES string of the molecule is Cc1c(C)c(F)c([N+](=O)[O-])c(OC=O)c1F. The fourth-order valence-electron chi connectivity index (χ4n) is 1.20. The van der Waals surface area contributed by atoms with E-state index in [0.717, 1.165) is 0 Å². The molecule has 0 aliphatic heterocycles. The van der Waals surface area contributed by atoms with Gasteiger partial charge in [-0.25, -0.2) is 4.39 Å². The Labute approximate surface area is 88.8 Å². The van der Waals surface area contributed by atoms with E-state index in [0.29, 0.717) is 0 Å². The molecular weight excluding hydrogens is 224 g/mol. The molecule has 16 heavy (non-hydrogen) atoms. The lowest BCUT2D eigenvalue weighted by Crippen LogP contribution is -2.05. The second kappa shape index (κ2) is 4.21. The number of benzene rings is 1. The molecule has 0 fully saturated rings. The number of carbonyl (C=O) groups is 1. The van der Waals surface area contributed by atoms with E-state index in [1.807, 2.05) is 0 Å². The van der Waals surface area contributed by atoms with E-state index in [9.17, 15) is 23.7 Å². The Morgan fingerprint density at radius 1 is 1.25 bits per heavy atom. The number of rotatable bonds is 3. The summed E-state index contributed by atoms with van der Waals surface area (Å²) in [5.41, 5.74) is -1.50. The summed E-state index contributed by atoms with van der Waals surface area (Å²) in [7, 11) is 0. The fourth-order valence-corrected chi connectivity index (χ4v) is 1.20. The van der Waals surface area contributed by atoms with E-state index in [4.69, 9.17) is 0 Å². The predicted molar refractivity (Wildman–Crippen MR) is 49.2 cm³/mol. The summed E-state index contributed by atoms with van der Waals surface area (Å²) in [4.78, 5) is 19.5. The van der Waals surface area contributed by atoms with Gasteiger partial charge in [-0.05, 0) is 25.0 Å². The third-order valence-corrected chi connectivity index (χ3v) is 2.19. The average molecular weight is 231 g/mol. The molecule has 1 rings (SSSR count). The van der Waals surface area contributed by atoms with E-state index in [1.54, 1.807) is 0 Å². The summed E-state index contributed by atoms with van der Waals surface area (Å²) in [5.74, 6) is -3.32. The van der Waals surface area contributed by atoms with Crippen LogP contribution in [-0.2, 0) is 4.79 Å². The Morgan fingerprint density at radius 2 is 1.75 bits per heavy atom. The number of nitro groups is 1. The van der Waals surface area contributed by atoms with Crippen molar-refractivity contribution >= 4 is 12.2 Å². The minimum Gasteiger partial charge on any atom is -0.418 e. The van der Waals surface area contributed by atoms with Gasteiger partial charge in [-0.1, -0.05) is 0 Å². The maximum atomic E-state index is 13.5. The Hall–Kier alpha value is -2.05. The first-order chi connectivity index (χ1) is 7.41. The molecule has 1 aromatic rings. The van der Waals surface area contributed by atoms with Gasteiger partial charge in [0.25, 0.3) is 6.47 Å². The molecule has 0 saturated carbocycles. The zero-order chi connectivity index (χ0) is 12.5. The molecule has 86 valence electrons. The fraction of sp³-hybridized carbons (Fsp3) is 0.222. The molecule has 0 aliphatic carbocycles. The van der Waals surface area contributed by atoms with Crippen molar-refractivity contribution in [2.45, 2.75) is 13.8 Å². The van der Waals surface area contributed by atoms with Gasteiger partial charge in [0.05, 0.1) is 4.92 Å². The molecule has 0 saturated heterocycles. The molecule has 5 nitrogen and oxygen atoms in total. The molecular formula is C9H7F2NO4. The summed E-state index contributed by atoms with van der Waals surface area (Å²) in [5, 5.41) is 10.5. The van der Waals surface area contributed by atoms with Crippen molar-refractivity contribution in [3.05, 3.63) is 32.9 Å². The Kier molecular flexibility index (Phi) is 3.17. The molecule has 0 unspecified atom stereocenters. The summed E-state index contributed by atoms with van der Waals surface area (Å²) in [6.45, 7) is 2.24. The van der Waals surface area contributed by atoms with E-state index < -0.39 is 28.0 Å². The lowest BCUT2D eigenvalue weighted by Gasteiger charge is -2.08. The minimum absolute atomic E-state index is 0.139. The summed E-state index contributed by atoms with van der Waals surface area (Å²) in [6.07, 6.45) is 0. The Morgan fingerprint density at radius 3 is 2.19 bits per heavy atom. The lowest BCUT2D eigenvalue weighted by atomic mass is 10.1. The molecule has 0 aliphatic rings. The van der Waals surface area contributed by atoms with Crippen LogP contribution in [0.1, 0.15) is 11.1 Å². The van der Waals surface area contributed by atoms with Gasteiger partial charge < -0.3 is 4.74 Å². The zero-order valence-corrected chi connectivity index (χ0v) is 8.41. The smallest absolute Gasteiger partial charge is 0.350 e. The molecule has 0 atom stereocenters. The predicted octanol–water partition coefficient (Wildman–Crippen LogP) is 2.03. The van der Waals surface area contributed by atoms with Crippen LogP contribution in [0.15, 0.2) is 0 Å². The van der Waals surface area contributed by atoms with Gasteiger partial charge in [0.1, 0.15) is 0 Å². The van der Waals surface area contributed by atoms with Crippen LogP contribution in [0, 0.1) is 35.6 Å². The third kappa shape index (κ3) is 1.71. The standard InChI is InChI=1S/C9H7F2NO4/c1-4-5(2)7(11)9(16-3-13)8(6(4)10)12(14)15/h3H,1-2H3. The molecule has 1 aromatic carbocycles. The maximum absolute atomic E-state index is 13.5. The summed E-state index contributed by atoms with van der Waals surface area (Å²) >= 11 is 0. The molecule has 0 bridgehead atoms. The third-order valence-electron chi connectivity index (χ3n) is 2.19. The quantitative estimate of drug-likeness (QED) is 0.453. The van der Waals surface area contributed by atoms with Crippen molar-refractivity contribution in [1.82, 2.24) is 0 Å². The number of carbonyl (C=O) groups excluding carboxylic acids is 1. The normalized spacial score (nSPS) is 10.0. The largest absolute Gasteiger partial charge is 0.418 e. The second-order valence-electron chi connectivity index (χ2n) is 3.03. The molecule has 0 N–H and O–H groups in total. The summed E-state index contributed by atoms with van der Waals surface area (Å²) < 4.78 is 31.1. The van der Waals surface area contributed by atoms with Gasteiger partial charge in [-0.3, -0.25) is 14.9 Å². The van der Waals surface area contributed by atoms with Crippen molar-refractivity contribution in [3.8, 4) is 5.75 Å². The topological polar surface area (TPSA) is 69.4 Å². The van der Waals surface area contributed by atoms with Crippen molar-refractivity contribution in [3.63, 3.8) is 0 Å². The highest BCUT2D eigenvalue weighted by Gasteiger charge is 2.30. The van der Waals surface area contributed by atoms with Gasteiger partial charge in [0.2, 0.25) is 11.6 Å². The van der Waals surface area contributed by atoms with E-state index in [2.05, 4.69) is 4.74 Å². The molecule has 0 heterocycles. The van der Waals surface area contributed by atoms with Gasteiger partial charge in [-0.2, -0.15) is 4.39 Å². The van der Waals surface area contributed by atoms with Gasteiger partial charge in [-0.15, -0.1) is 0 Å². The lowest BCUT2D eigenvalue weighted by molar-refractivity contribution is -0.388. The first kappa shape index (κ1) is 12.0. The van der Waals surface area contributed by atoms with Crippen molar-refractivity contribution in [2.75, 3.05) is 0 Å². The Bertz CT molecular complexity index is 473. The average Bonchev–Trinajstić information content (AvgIpc) is 2.23. The maximum Gasteiger partial charge on any atom is 0.350 e. The number of halogens is 2. The highest BCUT2D eigenvalue weighted by atomic mass is 19.1. The minimum atomic E-state index is -1.21. The summed E-state index contributed by atoms with van der Waals surface area (Å²) in [6, 6.07) is 0. The van der Waals surface area contributed by atoms with Gasteiger partial charge in [0, 0.05) is 0 Å². The Balaban J connectivity index is 3.68. The monoisotopic (exact) mass is 231 g/mol. The van der Waals surface area contributed by atoms with Gasteiger partial charge >= 0.3 is 5.69 Å². The molecule has 0 radical (unpaired) electrons. The van der Waals surface area contributed by atoms with E-state index in [1.165, 1.54) is 13.8 Å². The van der Waals surface area contributed by atoms with Crippen LogP contribution >= 0.6 is 0 Å². The van der Waals surface area contributed by atoms with Crippen LogP contribution in [0.25, 0.3) is 0 Å². The number of hydrogen-bond acceptors (Lipinski definition) is 4. The van der Waals surface area contributed by atoms with Crippen LogP contribution in [0.5, 0.6) is 5.75 Å². The first-order valence-electron chi connectivity index (χ1n) is 4.14. The number of nitro benzene ring substituents is 1. The molecule has 0 amide bonds. The molecule has 0 aromatic heterocycles. The van der Waals surface area contributed by atoms with Crippen molar-refractivity contribution in [2.24, 2.45) is 0 Å². The van der Waals surface area contributed by atoms with Crippen molar-refractivity contribution < 1.29 is 23.2 Å². The van der Waals surface area contributed by atoms with Crippen molar-refractivity contribution in [1.29, 1.82) is 0 Å². The second-order valence-corrected chi connectivity index (χ2v) is 3.03.